The van der Waals surface area contributed by atoms with Crippen molar-refractivity contribution in [1.82, 2.24) is 15.1 Å². The van der Waals surface area contributed by atoms with E-state index in [1.54, 1.807) is 0 Å². The first-order chi connectivity index (χ1) is 7.10. The minimum absolute atomic E-state index is 0.601. The largest absolute Gasteiger partial charge is 0.313 e. The van der Waals surface area contributed by atoms with Crippen LogP contribution in [0, 0.1) is 0 Å². The first-order valence-electron chi connectivity index (χ1n) is 6.20. The number of nitrogens with zero attached hydrogens (tertiary/aromatic N) is 2. The van der Waals surface area contributed by atoms with E-state index in [4.69, 9.17) is 0 Å². The van der Waals surface area contributed by atoms with Gasteiger partial charge in [0.15, 0.2) is 0 Å². The summed E-state index contributed by atoms with van der Waals surface area (Å²) in [5.41, 5.74) is 0. The van der Waals surface area contributed by atoms with Crippen LogP contribution in [0.1, 0.15) is 27.2 Å². The Morgan fingerprint density at radius 3 is 2.20 bits per heavy atom. The molecule has 0 rings (SSSR count). The summed E-state index contributed by atoms with van der Waals surface area (Å²) >= 11 is 0. The summed E-state index contributed by atoms with van der Waals surface area (Å²) in [5.74, 6) is 0. The van der Waals surface area contributed by atoms with E-state index < -0.39 is 0 Å². The van der Waals surface area contributed by atoms with Crippen LogP contribution >= 0.6 is 0 Å². The van der Waals surface area contributed by atoms with Gasteiger partial charge < -0.3 is 15.1 Å². The molecule has 92 valence electrons. The SMILES string of the molecule is CCCN(CCN(C)C)CC(C)NCC. The molecule has 0 bridgehead atoms. The summed E-state index contributed by atoms with van der Waals surface area (Å²) in [6, 6.07) is 0.601. The molecule has 0 aromatic rings. The fourth-order valence-corrected chi connectivity index (χ4v) is 1.75. The van der Waals surface area contributed by atoms with Gasteiger partial charge in [0.25, 0.3) is 0 Å². The first kappa shape index (κ1) is 14.9. The van der Waals surface area contributed by atoms with Crippen molar-refractivity contribution in [3.05, 3.63) is 0 Å². The van der Waals surface area contributed by atoms with Gasteiger partial charge in [-0.1, -0.05) is 13.8 Å². The van der Waals surface area contributed by atoms with Gasteiger partial charge in [0.05, 0.1) is 0 Å². The zero-order valence-corrected chi connectivity index (χ0v) is 11.2. The third-order valence-electron chi connectivity index (χ3n) is 2.49. The van der Waals surface area contributed by atoms with Crippen LogP contribution in [0.3, 0.4) is 0 Å². The smallest absolute Gasteiger partial charge is 0.0166 e. The zero-order valence-electron chi connectivity index (χ0n) is 11.2. The van der Waals surface area contributed by atoms with E-state index in [0.717, 1.165) is 19.6 Å². The third kappa shape index (κ3) is 8.85. The lowest BCUT2D eigenvalue weighted by Crippen LogP contribution is -2.42. The summed E-state index contributed by atoms with van der Waals surface area (Å²) in [6.07, 6.45) is 1.24. The number of nitrogens with one attached hydrogen (secondary N) is 1. The van der Waals surface area contributed by atoms with Crippen LogP contribution in [0.2, 0.25) is 0 Å². The van der Waals surface area contributed by atoms with Crippen LogP contribution in [-0.2, 0) is 0 Å². The topological polar surface area (TPSA) is 18.5 Å². The van der Waals surface area contributed by atoms with Crippen molar-refractivity contribution in [3.8, 4) is 0 Å². The van der Waals surface area contributed by atoms with Gasteiger partial charge >= 0.3 is 0 Å². The molecule has 0 saturated carbocycles. The molecule has 0 aromatic carbocycles. The summed E-state index contributed by atoms with van der Waals surface area (Å²) in [4.78, 5) is 4.80. The summed E-state index contributed by atoms with van der Waals surface area (Å²) in [6.45, 7) is 12.5. The molecule has 3 heteroatoms. The van der Waals surface area contributed by atoms with Crippen LogP contribution in [0.25, 0.3) is 0 Å². The van der Waals surface area contributed by atoms with Gasteiger partial charge in [-0.25, -0.2) is 0 Å². The van der Waals surface area contributed by atoms with E-state index in [9.17, 15) is 0 Å². The Balaban J connectivity index is 3.80. The molecule has 1 unspecified atom stereocenters. The highest BCUT2D eigenvalue weighted by atomic mass is 15.2. The van der Waals surface area contributed by atoms with Crippen molar-refractivity contribution in [2.45, 2.75) is 33.2 Å². The molecular weight excluding hydrogens is 186 g/mol. The maximum atomic E-state index is 3.47. The Labute approximate surface area is 95.8 Å². The molecule has 0 aromatic heterocycles. The molecule has 0 spiro atoms. The predicted octanol–water partition coefficient (Wildman–Crippen LogP) is 1.26. The maximum Gasteiger partial charge on any atom is 0.0166 e. The first-order valence-corrected chi connectivity index (χ1v) is 6.20. The number of hydrogen-bond acceptors (Lipinski definition) is 3. The van der Waals surface area contributed by atoms with Crippen molar-refractivity contribution in [2.75, 3.05) is 46.8 Å². The highest BCUT2D eigenvalue weighted by molar-refractivity contribution is 4.67. The molecule has 1 N–H and O–H groups in total. The normalized spacial score (nSPS) is 13.8. The molecule has 3 nitrogen and oxygen atoms in total. The molecule has 0 fully saturated rings. The Hall–Kier alpha value is -0.120. The quantitative estimate of drug-likeness (QED) is 0.625. The zero-order chi connectivity index (χ0) is 11.7. The minimum atomic E-state index is 0.601. The highest BCUT2D eigenvalue weighted by Gasteiger charge is 2.08. The third-order valence-corrected chi connectivity index (χ3v) is 2.49. The lowest BCUT2D eigenvalue weighted by atomic mass is 10.3. The van der Waals surface area contributed by atoms with Crippen molar-refractivity contribution < 1.29 is 0 Å². The Kier molecular flexibility index (Phi) is 9.06. The van der Waals surface area contributed by atoms with Crippen LogP contribution < -0.4 is 5.32 Å². The van der Waals surface area contributed by atoms with Crippen molar-refractivity contribution >= 4 is 0 Å². The average molecular weight is 215 g/mol. The molecule has 0 heterocycles. The Morgan fingerprint density at radius 1 is 1.07 bits per heavy atom. The van der Waals surface area contributed by atoms with Crippen LogP contribution in [0.5, 0.6) is 0 Å². The second-order valence-corrected chi connectivity index (χ2v) is 4.56. The minimum Gasteiger partial charge on any atom is -0.313 e. The van der Waals surface area contributed by atoms with Gasteiger partial charge in [0.2, 0.25) is 0 Å². The van der Waals surface area contributed by atoms with Crippen LogP contribution in [0.4, 0.5) is 0 Å². The summed E-state index contributed by atoms with van der Waals surface area (Å²) in [7, 11) is 4.27. The van der Waals surface area contributed by atoms with Gasteiger partial charge in [0, 0.05) is 25.7 Å². The van der Waals surface area contributed by atoms with E-state index in [-0.39, 0.29) is 0 Å². The second-order valence-electron chi connectivity index (χ2n) is 4.56. The molecule has 0 aliphatic heterocycles. The lowest BCUT2D eigenvalue weighted by Gasteiger charge is -2.26. The fourth-order valence-electron chi connectivity index (χ4n) is 1.75. The Morgan fingerprint density at radius 2 is 1.73 bits per heavy atom. The lowest BCUT2D eigenvalue weighted by molar-refractivity contribution is 0.223. The van der Waals surface area contributed by atoms with Crippen molar-refractivity contribution in [1.29, 1.82) is 0 Å². The summed E-state index contributed by atoms with van der Waals surface area (Å²) in [5, 5.41) is 3.47. The molecule has 0 saturated heterocycles. The fraction of sp³-hybridized carbons (Fsp3) is 1.00. The Bertz CT molecular complexity index is 137. The van der Waals surface area contributed by atoms with Crippen LogP contribution in [0.15, 0.2) is 0 Å². The average Bonchev–Trinajstić information content (AvgIpc) is 2.15. The molecule has 1 atom stereocenters. The van der Waals surface area contributed by atoms with E-state index >= 15 is 0 Å². The molecule has 15 heavy (non-hydrogen) atoms. The van der Waals surface area contributed by atoms with Gasteiger partial charge in [-0.3, -0.25) is 0 Å². The number of likely N-dealkylation sites (N-methyl/N-ethyl adjacent to an activating group) is 2. The molecule has 0 aliphatic carbocycles. The second kappa shape index (κ2) is 9.13. The van der Waals surface area contributed by atoms with Gasteiger partial charge in [-0.05, 0) is 40.5 Å². The molecule has 0 amide bonds. The van der Waals surface area contributed by atoms with E-state index in [1.165, 1.54) is 19.5 Å². The molecule has 0 radical (unpaired) electrons. The van der Waals surface area contributed by atoms with Gasteiger partial charge in [-0.2, -0.15) is 0 Å². The monoisotopic (exact) mass is 215 g/mol. The van der Waals surface area contributed by atoms with Gasteiger partial charge in [0.1, 0.15) is 0 Å². The number of rotatable bonds is 9. The highest BCUT2D eigenvalue weighted by Crippen LogP contribution is 1.95. The van der Waals surface area contributed by atoms with Crippen molar-refractivity contribution in [2.24, 2.45) is 0 Å². The van der Waals surface area contributed by atoms with Crippen molar-refractivity contribution in [3.63, 3.8) is 0 Å². The number of hydrogen-bond donors (Lipinski definition) is 1. The van der Waals surface area contributed by atoms with Gasteiger partial charge in [-0.15, -0.1) is 0 Å². The van der Waals surface area contributed by atoms with E-state index in [2.05, 4.69) is 50.0 Å². The van der Waals surface area contributed by atoms with E-state index in [1.807, 2.05) is 0 Å². The maximum absolute atomic E-state index is 3.47. The molecule has 0 aliphatic rings. The van der Waals surface area contributed by atoms with E-state index in [0.29, 0.717) is 6.04 Å². The summed E-state index contributed by atoms with van der Waals surface area (Å²) < 4.78 is 0. The van der Waals surface area contributed by atoms with Crippen LogP contribution in [-0.4, -0.2) is 62.7 Å². The standard InChI is InChI=1S/C12H29N3/c1-6-8-15(10-9-14(4)5)11-12(3)13-7-2/h12-13H,6-11H2,1-5H3. The predicted molar refractivity (Wildman–Crippen MR) is 68.4 cm³/mol. The molecular formula is C12H29N3.